The molecule has 1 aromatic rings. The standard InChI is InChI=1S/C58H97N3O13/c1-5-9-13-17-21-25-33-52(62)69-41-48(42-70-53(63)34-26-22-18-14-10-6-2)39-56(66)73-45-50-31-29-30-32-51(61(50)58(68)60-38-37-59-47-60)46-74-57(67)40-49(43-71-54(64)35-27-23-19-15-11-7-3)44-72-55(65)36-28-24-20-16-12-8-4/h29-30,37-38,47-51H,5-28,31-36,39-46H2,1-4H3/t50-,51+. The number of carbonyl (C=O) groups is 7. The molecule has 0 N–H and O–H groups in total. The molecule has 74 heavy (non-hydrogen) atoms. The van der Waals surface area contributed by atoms with Crippen molar-refractivity contribution in [3.8, 4) is 0 Å². The van der Waals surface area contributed by atoms with Crippen LogP contribution in [0.5, 0.6) is 0 Å². The highest BCUT2D eigenvalue weighted by molar-refractivity contribution is 5.78. The number of carbonyl (C=O) groups excluding carboxylic acids is 7. The summed E-state index contributed by atoms with van der Waals surface area (Å²) < 4.78 is 35.4. The van der Waals surface area contributed by atoms with E-state index in [4.69, 9.17) is 28.4 Å². The van der Waals surface area contributed by atoms with Gasteiger partial charge in [0.2, 0.25) is 0 Å². The molecular weight excluding hydrogens is 947 g/mol. The Morgan fingerprint density at radius 2 is 0.743 bits per heavy atom. The van der Waals surface area contributed by atoms with Crippen LogP contribution in [0, 0.1) is 11.8 Å². The zero-order valence-corrected chi connectivity index (χ0v) is 46.2. The van der Waals surface area contributed by atoms with Crippen LogP contribution in [-0.4, -0.2) is 108 Å². The van der Waals surface area contributed by atoms with E-state index in [1.54, 1.807) is 4.90 Å². The molecule has 0 bridgehead atoms. The maximum atomic E-state index is 14.2. The minimum Gasteiger partial charge on any atom is -0.465 e. The van der Waals surface area contributed by atoms with Crippen molar-refractivity contribution in [2.45, 2.75) is 245 Å². The maximum Gasteiger partial charge on any atom is 0.330 e. The molecule has 16 heteroatoms. The molecule has 1 aromatic heterocycles. The molecule has 2 atom stereocenters. The first-order chi connectivity index (χ1) is 36.0. The summed E-state index contributed by atoms with van der Waals surface area (Å²) in [5, 5.41) is 0. The molecule has 0 aliphatic carbocycles. The number of unbranched alkanes of at least 4 members (excludes halogenated alkanes) is 20. The van der Waals surface area contributed by atoms with Crippen molar-refractivity contribution < 1.29 is 62.0 Å². The van der Waals surface area contributed by atoms with E-state index in [0.717, 1.165) is 128 Å². The third-order valence-electron chi connectivity index (χ3n) is 13.4. The number of amides is 1. The highest BCUT2D eigenvalue weighted by atomic mass is 16.6. The van der Waals surface area contributed by atoms with E-state index in [9.17, 15) is 33.6 Å². The predicted octanol–water partition coefficient (Wildman–Crippen LogP) is 12.5. The molecule has 0 spiro atoms. The normalized spacial score (nSPS) is 14.4. The van der Waals surface area contributed by atoms with Gasteiger partial charge >= 0.3 is 41.8 Å². The van der Waals surface area contributed by atoms with Gasteiger partial charge in [-0.2, -0.15) is 0 Å². The lowest BCUT2D eigenvalue weighted by molar-refractivity contribution is -0.156. The highest BCUT2D eigenvalue weighted by Crippen LogP contribution is 2.23. The smallest absolute Gasteiger partial charge is 0.330 e. The lowest BCUT2D eigenvalue weighted by Crippen LogP contribution is -2.52. The fourth-order valence-corrected chi connectivity index (χ4v) is 8.78. The minimum absolute atomic E-state index is 0.122. The van der Waals surface area contributed by atoms with Gasteiger partial charge in [-0.15, -0.1) is 0 Å². The molecule has 1 aliphatic heterocycles. The summed E-state index contributed by atoms with van der Waals surface area (Å²) in [6.45, 7) is 7.72. The monoisotopic (exact) mass is 1040 g/mol. The van der Waals surface area contributed by atoms with Crippen LogP contribution in [0.25, 0.3) is 0 Å². The Morgan fingerprint density at radius 1 is 0.432 bits per heavy atom. The van der Waals surface area contributed by atoms with Gasteiger partial charge in [0.25, 0.3) is 0 Å². The second kappa shape index (κ2) is 43.5. The van der Waals surface area contributed by atoms with Crippen LogP contribution in [0.1, 0.15) is 233 Å². The lowest BCUT2D eigenvalue weighted by Gasteiger charge is -2.35. The second-order valence-corrected chi connectivity index (χ2v) is 20.2. The molecule has 2 heterocycles. The van der Waals surface area contributed by atoms with Crippen LogP contribution in [0.3, 0.4) is 0 Å². The van der Waals surface area contributed by atoms with Crippen molar-refractivity contribution in [3.63, 3.8) is 0 Å². The van der Waals surface area contributed by atoms with E-state index in [1.807, 2.05) is 12.2 Å². The number of imidazole rings is 1. The second-order valence-electron chi connectivity index (χ2n) is 20.2. The number of hydrogen-bond donors (Lipinski definition) is 0. The molecule has 2 rings (SSSR count). The summed E-state index contributed by atoms with van der Waals surface area (Å²) in [5.74, 6) is -4.02. The first-order valence-electron chi connectivity index (χ1n) is 28.9. The Bertz CT molecular complexity index is 1540. The van der Waals surface area contributed by atoms with E-state index in [1.165, 1.54) is 23.3 Å². The van der Waals surface area contributed by atoms with Gasteiger partial charge in [0.1, 0.15) is 19.5 Å². The third kappa shape index (κ3) is 32.5. The predicted molar refractivity (Wildman–Crippen MR) is 285 cm³/mol. The summed E-state index contributed by atoms with van der Waals surface area (Å²) in [4.78, 5) is 97.8. The van der Waals surface area contributed by atoms with Crippen LogP contribution in [0.2, 0.25) is 0 Å². The van der Waals surface area contributed by atoms with Gasteiger partial charge in [-0.25, -0.2) is 9.78 Å². The summed E-state index contributed by atoms with van der Waals surface area (Å²) in [6.07, 6.45) is 33.9. The van der Waals surface area contributed by atoms with E-state index in [-0.39, 0.29) is 102 Å². The quantitative estimate of drug-likeness (QED) is 0.0259. The van der Waals surface area contributed by atoms with Gasteiger partial charge in [-0.1, -0.05) is 168 Å². The van der Waals surface area contributed by atoms with Crippen molar-refractivity contribution in [3.05, 3.63) is 30.9 Å². The zero-order chi connectivity index (χ0) is 53.9. The molecule has 0 aromatic carbocycles. The number of rotatable bonds is 44. The van der Waals surface area contributed by atoms with Crippen molar-refractivity contribution >= 4 is 41.8 Å². The molecule has 1 amide bonds. The summed E-state index contributed by atoms with van der Waals surface area (Å²) in [7, 11) is 0. The van der Waals surface area contributed by atoms with Gasteiger partial charge < -0.3 is 33.3 Å². The van der Waals surface area contributed by atoms with Gasteiger partial charge in [0, 0.05) is 49.9 Å². The number of aromatic nitrogens is 2. The molecule has 0 unspecified atom stereocenters. The summed E-state index contributed by atoms with van der Waals surface area (Å²) in [5.41, 5.74) is 0. The first-order valence-corrected chi connectivity index (χ1v) is 28.9. The lowest BCUT2D eigenvalue weighted by atomic mass is 10.1. The number of nitrogens with zero attached hydrogens (tertiary/aromatic N) is 3. The van der Waals surface area contributed by atoms with E-state index < -0.39 is 41.9 Å². The topological polar surface area (TPSA) is 196 Å². The average molecular weight is 1040 g/mol. The minimum atomic E-state index is -0.676. The molecule has 1 aliphatic rings. The van der Waals surface area contributed by atoms with Crippen LogP contribution in [0.4, 0.5) is 4.79 Å². The highest BCUT2D eigenvalue weighted by Gasteiger charge is 2.35. The Balaban J connectivity index is 2.13. The van der Waals surface area contributed by atoms with Crippen molar-refractivity contribution in [2.75, 3.05) is 39.6 Å². The molecule has 422 valence electrons. The van der Waals surface area contributed by atoms with Crippen LogP contribution >= 0.6 is 0 Å². The third-order valence-corrected chi connectivity index (χ3v) is 13.4. The Morgan fingerprint density at radius 3 is 1.04 bits per heavy atom. The molecular formula is C58H97N3O13. The molecule has 0 fully saturated rings. The molecule has 0 saturated carbocycles. The Hall–Kier alpha value is -4.76. The number of esters is 6. The largest absolute Gasteiger partial charge is 0.465 e. The summed E-state index contributed by atoms with van der Waals surface area (Å²) >= 11 is 0. The average Bonchev–Trinajstić information content (AvgIpc) is 3.86. The fraction of sp³-hybridized carbons (Fsp3) is 0.793. The molecule has 0 saturated heterocycles. The molecule has 16 nitrogen and oxygen atoms in total. The van der Waals surface area contributed by atoms with Crippen molar-refractivity contribution in [1.29, 1.82) is 0 Å². The number of hydrogen-bond acceptors (Lipinski definition) is 14. The van der Waals surface area contributed by atoms with Crippen molar-refractivity contribution in [2.24, 2.45) is 11.8 Å². The SMILES string of the molecule is CCCCCCCCC(=O)OCC(COC(=O)CCCCCCCC)CC(=O)OC[C@H]1CC=CC[C@@H](COC(=O)CC(COC(=O)CCCCCCCC)COC(=O)CCCCCCCC)N1C(=O)n1ccnc1. The number of ether oxygens (including phenoxy) is 6. The van der Waals surface area contributed by atoms with Crippen LogP contribution in [-0.2, 0) is 57.2 Å². The molecule has 0 radical (unpaired) electrons. The zero-order valence-electron chi connectivity index (χ0n) is 46.2. The van der Waals surface area contributed by atoms with E-state index in [0.29, 0.717) is 38.5 Å². The van der Waals surface area contributed by atoms with Gasteiger partial charge in [0.15, 0.2) is 0 Å². The van der Waals surface area contributed by atoms with Crippen LogP contribution < -0.4 is 0 Å². The Kier molecular flexibility index (Phi) is 38.4. The van der Waals surface area contributed by atoms with Gasteiger partial charge in [-0.05, 0) is 38.5 Å². The van der Waals surface area contributed by atoms with E-state index in [2.05, 4.69) is 32.7 Å². The maximum absolute atomic E-state index is 14.2. The van der Waals surface area contributed by atoms with Crippen molar-refractivity contribution in [1.82, 2.24) is 14.5 Å². The first kappa shape index (κ1) is 65.4. The van der Waals surface area contributed by atoms with Crippen LogP contribution in [0.15, 0.2) is 30.9 Å². The van der Waals surface area contributed by atoms with Gasteiger partial charge in [0.05, 0.1) is 51.4 Å². The summed E-state index contributed by atoms with van der Waals surface area (Å²) in [6, 6.07) is -1.82. The fourth-order valence-electron chi connectivity index (χ4n) is 8.78. The van der Waals surface area contributed by atoms with Gasteiger partial charge in [-0.3, -0.25) is 33.3 Å². The van der Waals surface area contributed by atoms with E-state index >= 15 is 0 Å². The Labute approximate surface area is 444 Å².